The molecule has 0 amide bonds. The molecule has 0 saturated carbocycles. The Morgan fingerprint density at radius 1 is 1.42 bits per heavy atom. The van der Waals surface area contributed by atoms with Gasteiger partial charge in [-0.15, -0.1) is 0 Å². The van der Waals surface area contributed by atoms with Crippen LogP contribution in [0.15, 0.2) is 34.9 Å². The number of nitrogens with zero attached hydrogens (tertiary/aromatic N) is 2. The fourth-order valence-corrected chi connectivity index (χ4v) is 2.66. The van der Waals surface area contributed by atoms with E-state index in [1.807, 2.05) is 31.2 Å². The van der Waals surface area contributed by atoms with Crippen molar-refractivity contribution in [2.45, 2.75) is 13.0 Å². The van der Waals surface area contributed by atoms with Gasteiger partial charge in [0.25, 0.3) is 0 Å². The van der Waals surface area contributed by atoms with Crippen LogP contribution in [0.25, 0.3) is 11.0 Å². The van der Waals surface area contributed by atoms with Gasteiger partial charge < -0.3 is 9.73 Å². The summed E-state index contributed by atoms with van der Waals surface area (Å²) in [4.78, 5) is 0. The van der Waals surface area contributed by atoms with Crippen LogP contribution in [0.5, 0.6) is 0 Å². The lowest BCUT2D eigenvalue weighted by molar-refractivity contribution is 0.473. The van der Waals surface area contributed by atoms with Crippen molar-refractivity contribution in [1.82, 2.24) is 14.1 Å². The second-order valence-electron chi connectivity index (χ2n) is 4.15. The van der Waals surface area contributed by atoms with E-state index in [1.54, 1.807) is 6.20 Å². The van der Waals surface area contributed by atoms with Gasteiger partial charge in [0, 0.05) is 10.4 Å². The Balaban J connectivity index is 2.05. The average Bonchev–Trinajstić information content (AvgIpc) is 3.04. The molecule has 1 unspecified atom stereocenters. The monoisotopic (exact) mass is 293 g/mol. The standard InChI is InChI=1S/C13H12ClN3OS/c1-2-15-13(10-7-16-19-17-10)12-6-8-5-9(14)3-4-11(8)18-12/h3-7,13,15H,2H2,1H3. The number of hydrogen-bond donors (Lipinski definition) is 1. The first-order valence-electron chi connectivity index (χ1n) is 5.97. The summed E-state index contributed by atoms with van der Waals surface area (Å²) < 4.78 is 14.2. The molecule has 0 spiro atoms. The zero-order valence-corrected chi connectivity index (χ0v) is 11.8. The molecule has 0 bridgehead atoms. The van der Waals surface area contributed by atoms with E-state index >= 15 is 0 Å². The largest absolute Gasteiger partial charge is 0.459 e. The Labute approximate surface area is 119 Å². The van der Waals surface area contributed by atoms with Crippen LogP contribution in [0.2, 0.25) is 5.02 Å². The molecular formula is C13H12ClN3OS. The Kier molecular flexibility index (Phi) is 3.50. The van der Waals surface area contributed by atoms with E-state index in [0.29, 0.717) is 5.02 Å². The van der Waals surface area contributed by atoms with Crippen molar-refractivity contribution in [3.8, 4) is 0 Å². The van der Waals surface area contributed by atoms with Gasteiger partial charge >= 0.3 is 0 Å². The number of nitrogens with one attached hydrogen (secondary N) is 1. The van der Waals surface area contributed by atoms with Gasteiger partial charge in [0.1, 0.15) is 17.4 Å². The van der Waals surface area contributed by atoms with E-state index in [0.717, 1.165) is 29.0 Å². The summed E-state index contributed by atoms with van der Waals surface area (Å²) in [6.07, 6.45) is 1.76. The molecule has 4 nitrogen and oxygen atoms in total. The summed E-state index contributed by atoms with van der Waals surface area (Å²) in [7, 11) is 0. The van der Waals surface area contributed by atoms with Gasteiger partial charge in [-0.2, -0.15) is 8.75 Å². The van der Waals surface area contributed by atoms with Gasteiger partial charge in [0.2, 0.25) is 0 Å². The van der Waals surface area contributed by atoms with E-state index in [1.165, 1.54) is 11.7 Å². The highest BCUT2D eigenvalue weighted by atomic mass is 35.5. The van der Waals surface area contributed by atoms with Crippen molar-refractivity contribution in [2.75, 3.05) is 6.54 Å². The lowest BCUT2D eigenvalue weighted by Gasteiger charge is -2.11. The van der Waals surface area contributed by atoms with Gasteiger partial charge in [-0.3, -0.25) is 0 Å². The normalized spacial score (nSPS) is 12.9. The van der Waals surface area contributed by atoms with Crippen LogP contribution in [0.4, 0.5) is 0 Å². The third-order valence-electron chi connectivity index (χ3n) is 2.86. The number of rotatable bonds is 4. The fraction of sp³-hybridized carbons (Fsp3) is 0.231. The van der Waals surface area contributed by atoms with Crippen molar-refractivity contribution in [2.24, 2.45) is 0 Å². The zero-order valence-electron chi connectivity index (χ0n) is 10.3. The van der Waals surface area contributed by atoms with Gasteiger partial charge in [-0.1, -0.05) is 18.5 Å². The maximum Gasteiger partial charge on any atom is 0.134 e. The molecule has 1 N–H and O–H groups in total. The number of furan rings is 1. The molecule has 3 aromatic rings. The van der Waals surface area contributed by atoms with Gasteiger partial charge in [0.05, 0.1) is 23.6 Å². The van der Waals surface area contributed by atoms with Gasteiger partial charge in [-0.25, -0.2) is 0 Å². The predicted molar refractivity (Wildman–Crippen MR) is 76.7 cm³/mol. The van der Waals surface area contributed by atoms with E-state index in [4.69, 9.17) is 16.0 Å². The lowest BCUT2D eigenvalue weighted by Crippen LogP contribution is -2.21. The van der Waals surface area contributed by atoms with Crippen LogP contribution in [0.1, 0.15) is 24.4 Å². The third-order valence-corrected chi connectivity index (χ3v) is 3.59. The molecule has 98 valence electrons. The van der Waals surface area contributed by atoms with Crippen LogP contribution in [-0.2, 0) is 0 Å². The van der Waals surface area contributed by atoms with Crippen LogP contribution in [0, 0.1) is 0 Å². The molecule has 0 aliphatic heterocycles. The number of benzene rings is 1. The van der Waals surface area contributed by atoms with Crippen molar-refractivity contribution in [3.63, 3.8) is 0 Å². The highest BCUT2D eigenvalue weighted by Crippen LogP contribution is 2.29. The number of hydrogen-bond acceptors (Lipinski definition) is 5. The molecule has 19 heavy (non-hydrogen) atoms. The molecule has 0 fully saturated rings. The summed E-state index contributed by atoms with van der Waals surface area (Å²) in [5.74, 6) is 0.826. The van der Waals surface area contributed by atoms with E-state index in [-0.39, 0.29) is 6.04 Å². The smallest absolute Gasteiger partial charge is 0.134 e. The summed E-state index contributed by atoms with van der Waals surface area (Å²) in [5.41, 5.74) is 1.70. The average molecular weight is 294 g/mol. The number of halogens is 1. The molecule has 1 aromatic carbocycles. The van der Waals surface area contributed by atoms with Crippen LogP contribution >= 0.6 is 23.3 Å². The highest BCUT2D eigenvalue weighted by molar-refractivity contribution is 6.99. The van der Waals surface area contributed by atoms with Gasteiger partial charge in [0.15, 0.2) is 0 Å². The van der Waals surface area contributed by atoms with Crippen LogP contribution < -0.4 is 5.32 Å². The summed E-state index contributed by atoms with van der Waals surface area (Å²) >= 11 is 7.19. The minimum atomic E-state index is -0.0741. The van der Waals surface area contributed by atoms with Crippen LogP contribution in [0.3, 0.4) is 0 Å². The van der Waals surface area contributed by atoms with Crippen molar-refractivity contribution < 1.29 is 4.42 Å². The van der Waals surface area contributed by atoms with E-state index in [2.05, 4.69) is 14.1 Å². The highest BCUT2D eigenvalue weighted by Gasteiger charge is 2.20. The maximum absolute atomic E-state index is 5.99. The first-order chi connectivity index (χ1) is 9.28. The summed E-state index contributed by atoms with van der Waals surface area (Å²) in [6.45, 7) is 2.87. The molecule has 2 aromatic heterocycles. The second-order valence-corrected chi connectivity index (χ2v) is 5.15. The molecule has 0 saturated heterocycles. The Bertz CT molecular complexity index is 680. The van der Waals surface area contributed by atoms with E-state index in [9.17, 15) is 0 Å². The molecule has 0 aliphatic rings. The van der Waals surface area contributed by atoms with Crippen molar-refractivity contribution in [1.29, 1.82) is 0 Å². The first kappa shape index (κ1) is 12.6. The molecule has 6 heteroatoms. The van der Waals surface area contributed by atoms with Crippen molar-refractivity contribution >= 4 is 34.3 Å². The molecule has 3 rings (SSSR count). The number of aromatic nitrogens is 2. The third kappa shape index (κ3) is 2.49. The topological polar surface area (TPSA) is 51.0 Å². The minimum Gasteiger partial charge on any atom is -0.459 e. The molecular weight excluding hydrogens is 282 g/mol. The summed E-state index contributed by atoms with van der Waals surface area (Å²) in [5, 5.41) is 5.05. The Morgan fingerprint density at radius 3 is 3.05 bits per heavy atom. The summed E-state index contributed by atoms with van der Waals surface area (Å²) in [6, 6.07) is 7.52. The Hall–Kier alpha value is -1.43. The maximum atomic E-state index is 5.99. The SMILES string of the molecule is CCNC(c1cnsn1)c1cc2cc(Cl)ccc2o1. The lowest BCUT2D eigenvalue weighted by atomic mass is 10.1. The van der Waals surface area contributed by atoms with E-state index < -0.39 is 0 Å². The molecule has 1 atom stereocenters. The molecule has 0 radical (unpaired) electrons. The zero-order chi connectivity index (χ0) is 13.2. The number of fused-ring (bicyclic) bond motifs is 1. The quantitative estimate of drug-likeness (QED) is 0.798. The minimum absolute atomic E-state index is 0.0741. The molecule has 0 aliphatic carbocycles. The first-order valence-corrected chi connectivity index (χ1v) is 7.08. The second kappa shape index (κ2) is 5.28. The van der Waals surface area contributed by atoms with Crippen molar-refractivity contribution in [3.05, 3.63) is 46.9 Å². The Morgan fingerprint density at radius 2 is 2.32 bits per heavy atom. The van der Waals surface area contributed by atoms with Gasteiger partial charge in [-0.05, 0) is 30.8 Å². The fourth-order valence-electron chi connectivity index (χ4n) is 2.03. The predicted octanol–water partition coefficient (Wildman–Crippen LogP) is 3.64. The van der Waals surface area contributed by atoms with Crippen LogP contribution in [-0.4, -0.2) is 15.3 Å². The molecule has 2 heterocycles.